The van der Waals surface area contributed by atoms with Gasteiger partial charge in [-0.05, 0) is 12.1 Å². The van der Waals surface area contributed by atoms with Crippen molar-refractivity contribution in [3.8, 4) is 6.07 Å². The zero-order chi connectivity index (χ0) is 15.2. The largest absolute Gasteiger partial charge is 0.347 e. The molecule has 2 rings (SSSR count). The van der Waals surface area contributed by atoms with Gasteiger partial charge in [0.05, 0.1) is 18.0 Å². The van der Waals surface area contributed by atoms with Crippen molar-refractivity contribution >= 4 is 16.8 Å². The van der Waals surface area contributed by atoms with Crippen molar-refractivity contribution < 1.29 is 4.79 Å². The Hall–Kier alpha value is -2.61. The van der Waals surface area contributed by atoms with E-state index in [0.717, 1.165) is 5.52 Å². The molecule has 0 atom stereocenters. The molecule has 21 heavy (non-hydrogen) atoms. The number of rotatable bonds is 5. The molecule has 5 heteroatoms. The Kier molecular flexibility index (Phi) is 4.72. The van der Waals surface area contributed by atoms with Crippen LogP contribution in [0.2, 0.25) is 0 Å². The second kappa shape index (κ2) is 6.71. The number of aryl methyl sites for hydroxylation is 1. The van der Waals surface area contributed by atoms with Crippen LogP contribution in [0.3, 0.4) is 0 Å². The van der Waals surface area contributed by atoms with Crippen LogP contribution >= 0.6 is 0 Å². The normalized spacial score (nSPS) is 10.3. The van der Waals surface area contributed by atoms with E-state index < -0.39 is 0 Å². The van der Waals surface area contributed by atoms with Gasteiger partial charge in [0, 0.05) is 44.2 Å². The predicted octanol–water partition coefficient (Wildman–Crippen LogP) is 1.76. The first kappa shape index (κ1) is 14.8. The van der Waals surface area contributed by atoms with Crippen LogP contribution in [0, 0.1) is 11.3 Å². The Morgan fingerprint density at radius 1 is 1.33 bits per heavy atom. The summed E-state index contributed by atoms with van der Waals surface area (Å²) in [5.41, 5.74) is 0.816. The lowest BCUT2D eigenvalue weighted by Gasteiger charge is -2.16. The Bertz CT molecular complexity index is 743. The Labute approximate surface area is 123 Å². The minimum absolute atomic E-state index is 0.00645. The van der Waals surface area contributed by atoms with Gasteiger partial charge >= 0.3 is 0 Å². The SMILES string of the molecule is CN(CCC#N)C(=O)CCn1ccc(=O)c2ccccc21. The maximum atomic E-state index is 12.0. The first-order chi connectivity index (χ1) is 10.1. The number of pyridine rings is 1. The highest BCUT2D eigenvalue weighted by Crippen LogP contribution is 2.10. The molecular formula is C16H17N3O2. The van der Waals surface area contributed by atoms with Crippen molar-refractivity contribution in [1.82, 2.24) is 9.47 Å². The van der Waals surface area contributed by atoms with Gasteiger partial charge in [0.1, 0.15) is 0 Å². The number of hydrogen-bond donors (Lipinski definition) is 0. The highest BCUT2D eigenvalue weighted by Gasteiger charge is 2.09. The van der Waals surface area contributed by atoms with Crippen LogP contribution in [0.5, 0.6) is 0 Å². The van der Waals surface area contributed by atoms with Crippen molar-refractivity contribution in [3.63, 3.8) is 0 Å². The molecule has 0 saturated carbocycles. The number of hydrogen-bond acceptors (Lipinski definition) is 3. The van der Waals surface area contributed by atoms with E-state index in [1.807, 2.05) is 28.8 Å². The summed E-state index contributed by atoms with van der Waals surface area (Å²) in [5, 5.41) is 9.19. The molecule has 1 aromatic heterocycles. The number of amides is 1. The maximum absolute atomic E-state index is 12.0. The average molecular weight is 283 g/mol. The third kappa shape index (κ3) is 3.48. The Balaban J connectivity index is 2.11. The van der Waals surface area contributed by atoms with Gasteiger partial charge in [-0.25, -0.2) is 0 Å². The topological polar surface area (TPSA) is 66.1 Å². The minimum Gasteiger partial charge on any atom is -0.347 e. The Morgan fingerprint density at radius 3 is 2.86 bits per heavy atom. The fourth-order valence-corrected chi connectivity index (χ4v) is 2.20. The number of carbonyl (C=O) groups excluding carboxylic acids is 1. The summed E-state index contributed by atoms with van der Waals surface area (Å²) in [5.74, 6) is -0.00645. The predicted molar refractivity (Wildman–Crippen MR) is 80.7 cm³/mol. The molecule has 0 fully saturated rings. The lowest BCUT2D eigenvalue weighted by atomic mass is 10.2. The second-order valence-corrected chi connectivity index (χ2v) is 4.86. The van der Waals surface area contributed by atoms with Gasteiger partial charge in [0.2, 0.25) is 5.91 Å². The molecule has 0 radical (unpaired) electrons. The number of para-hydroxylation sites is 1. The van der Waals surface area contributed by atoms with Gasteiger partial charge < -0.3 is 9.47 Å². The van der Waals surface area contributed by atoms with Gasteiger partial charge in [0.25, 0.3) is 0 Å². The van der Waals surface area contributed by atoms with Gasteiger partial charge in [-0.1, -0.05) is 12.1 Å². The highest BCUT2D eigenvalue weighted by molar-refractivity contribution is 5.79. The van der Waals surface area contributed by atoms with Crippen LogP contribution in [-0.2, 0) is 11.3 Å². The van der Waals surface area contributed by atoms with E-state index in [1.54, 1.807) is 24.2 Å². The molecule has 108 valence electrons. The smallest absolute Gasteiger partial charge is 0.224 e. The standard InChI is InChI=1S/C16H17N3O2/c1-18(10-4-9-17)16(21)8-12-19-11-7-15(20)13-5-2-3-6-14(13)19/h2-3,5-7,11H,4,8,10,12H2,1H3. The molecule has 0 saturated heterocycles. The number of aromatic nitrogens is 1. The van der Waals surface area contributed by atoms with Gasteiger partial charge in [0.15, 0.2) is 5.43 Å². The summed E-state index contributed by atoms with van der Waals surface area (Å²) in [6, 6.07) is 10.9. The van der Waals surface area contributed by atoms with Gasteiger partial charge in [-0.15, -0.1) is 0 Å². The molecular weight excluding hydrogens is 266 g/mol. The van der Waals surface area contributed by atoms with Crippen LogP contribution in [0.1, 0.15) is 12.8 Å². The van der Waals surface area contributed by atoms with Gasteiger partial charge in [-0.2, -0.15) is 5.26 Å². The third-order valence-electron chi connectivity index (χ3n) is 3.44. The van der Waals surface area contributed by atoms with E-state index in [9.17, 15) is 9.59 Å². The summed E-state index contributed by atoms with van der Waals surface area (Å²) < 4.78 is 1.91. The van der Waals surface area contributed by atoms with Crippen LogP contribution in [0.15, 0.2) is 41.3 Å². The lowest BCUT2D eigenvalue weighted by Crippen LogP contribution is -2.28. The zero-order valence-corrected chi connectivity index (χ0v) is 12.0. The van der Waals surface area contributed by atoms with E-state index in [2.05, 4.69) is 0 Å². The fraction of sp³-hybridized carbons (Fsp3) is 0.312. The first-order valence-corrected chi connectivity index (χ1v) is 6.82. The Morgan fingerprint density at radius 2 is 2.10 bits per heavy atom. The summed E-state index contributed by atoms with van der Waals surface area (Å²) in [6.07, 6.45) is 2.39. The molecule has 0 aliphatic rings. The number of nitrogens with zero attached hydrogens (tertiary/aromatic N) is 3. The van der Waals surface area contributed by atoms with Crippen LogP contribution in [0.4, 0.5) is 0 Å². The van der Waals surface area contributed by atoms with Gasteiger partial charge in [-0.3, -0.25) is 9.59 Å². The fourth-order valence-electron chi connectivity index (χ4n) is 2.20. The quantitative estimate of drug-likeness (QED) is 0.840. The number of carbonyl (C=O) groups is 1. The summed E-state index contributed by atoms with van der Waals surface area (Å²) in [4.78, 5) is 25.3. The molecule has 0 N–H and O–H groups in total. The highest BCUT2D eigenvalue weighted by atomic mass is 16.2. The maximum Gasteiger partial charge on any atom is 0.224 e. The van der Waals surface area contributed by atoms with Crippen molar-refractivity contribution in [2.75, 3.05) is 13.6 Å². The number of nitriles is 1. The van der Waals surface area contributed by atoms with Crippen molar-refractivity contribution in [3.05, 3.63) is 46.8 Å². The first-order valence-electron chi connectivity index (χ1n) is 6.82. The molecule has 2 aromatic rings. The van der Waals surface area contributed by atoms with Crippen LogP contribution < -0.4 is 5.43 Å². The molecule has 0 unspecified atom stereocenters. The van der Waals surface area contributed by atoms with E-state index in [1.165, 1.54) is 6.07 Å². The van der Waals surface area contributed by atoms with Crippen LogP contribution in [0.25, 0.3) is 10.9 Å². The monoisotopic (exact) mass is 283 g/mol. The van der Waals surface area contributed by atoms with E-state index in [4.69, 9.17) is 5.26 Å². The zero-order valence-electron chi connectivity index (χ0n) is 12.0. The molecule has 5 nitrogen and oxygen atoms in total. The molecule has 0 bridgehead atoms. The van der Waals surface area contributed by atoms with E-state index in [0.29, 0.717) is 31.3 Å². The summed E-state index contributed by atoms with van der Waals surface area (Å²) in [7, 11) is 1.70. The van der Waals surface area contributed by atoms with E-state index in [-0.39, 0.29) is 11.3 Å². The second-order valence-electron chi connectivity index (χ2n) is 4.86. The lowest BCUT2D eigenvalue weighted by molar-refractivity contribution is -0.130. The van der Waals surface area contributed by atoms with Crippen LogP contribution in [-0.4, -0.2) is 29.0 Å². The average Bonchev–Trinajstić information content (AvgIpc) is 2.52. The molecule has 1 amide bonds. The number of fused-ring (bicyclic) bond motifs is 1. The third-order valence-corrected chi connectivity index (χ3v) is 3.44. The molecule has 0 aliphatic carbocycles. The van der Waals surface area contributed by atoms with Crippen molar-refractivity contribution in [1.29, 1.82) is 5.26 Å². The minimum atomic E-state index is -0.0145. The molecule has 1 aromatic carbocycles. The molecule has 0 spiro atoms. The van der Waals surface area contributed by atoms with E-state index >= 15 is 0 Å². The number of benzene rings is 1. The molecule has 1 heterocycles. The summed E-state index contributed by atoms with van der Waals surface area (Å²) >= 11 is 0. The molecule has 0 aliphatic heterocycles. The van der Waals surface area contributed by atoms with Crippen molar-refractivity contribution in [2.24, 2.45) is 0 Å². The summed E-state index contributed by atoms with van der Waals surface area (Å²) in [6.45, 7) is 0.955. The van der Waals surface area contributed by atoms with Crippen molar-refractivity contribution in [2.45, 2.75) is 19.4 Å².